The van der Waals surface area contributed by atoms with Crippen molar-refractivity contribution in [1.82, 2.24) is 15.0 Å². The van der Waals surface area contributed by atoms with Crippen LogP contribution in [0.1, 0.15) is 12.5 Å². The quantitative estimate of drug-likeness (QED) is 0.303. The van der Waals surface area contributed by atoms with Gasteiger partial charge in [0.05, 0.1) is 0 Å². The van der Waals surface area contributed by atoms with Gasteiger partial charge >= 0.3 is 0 Å². The predicted octanol–water partition coefficient (Wildman–Crippen LogP) is 5.11. The number of rotatable bonds is 8. The van der Waals surface area contributed by atoms with Crippen LogP contribution in [0.3, 0.4) is 0 Å². The summed E-state index contributed by atoms with van der Waals surface area (Å²) in [6.07, 6.45) is 0. The topological polar surface area (TPSA) is 104 Å². The molecular weight excluding hydrogens is 414 g/mol. The Hall–Kier alpha value is -4.46. The molecule has 1 heterocycles. The van der Waals surface area contributed by atoms with Crippen LogP contribution in [0.25, 0.3) is 0 Å². The molecule has 1 aromatic heterocycles. The van der Waals surface area contributed by atoms with Gasteiger partial charge in [0.15, 0.2) is 0 Å². The van der Waals surface area contributed by atoms with Crippen molar-refractivity contribution in [2.75, 3.05) is 21.3 Å². The van der Waals surface area contributed by atoms with Crippen LogP contribution in [0, 0.1) is 6.92 Å². The van der Waals surface area contributed by atoms with E-state index in [2.05, 4.69) is 36.2 Å². The van der Waals surface area contributed by atoms with E-state index in [4.69, 9.17) is 0 Å². The highest BCUT2D eigenvalue weighted by Crippen LogP contribution is 2.19. The molecule has 4 N–H and O–H groups in total. The summed E-state index contributed by atoms with van der Waals surface area (Å²) in [5.74, 6) is 0.775. The second-order valence-electron chi connectivity index (χ2n) is 7.51. The van der Waals surface area contributed by atoms with Gasteiger partial charge in [-0.2, -0.15) is 15.0 Å². The van der Waals surface area contributed by atoms with E-state index < -0.39 is 6.04 Å². The lowest BCUT2D eigenvalue weighted by molar-refractivity contribution is -0.116. The molecule has 8 nitrogen and oxygen atoms in total. The average Bonchev–Trinajstić information content (AvgIpc) is 2.80. The van der Waals surface area contributed by atoms with Crippen LogP contribution in [0.4, 0.5) is 34.9 Å². The lowest BCUT2D eigenvalue weighted by atomic mass is 10.2. The lowest BCUT2D eigenvalue weighted by Gasteiger charge is -2.16. The van der Waals surface area contributed by atoms with Crippen molar-refractivity contribution in [3.8, 4) is 0 Å². The highest BCUT2D eigenvalue weighted by Gasteiger charge is 2.16. The third-order valence-electron chi connectivity index (χ3n) is 4.72. The van der Waals surface area contributed by atoms with Crippen LogP contribution >= 0.6 is 0 Å². The van der Waals surface area contributed by atoms with Crippen LogP contribution < -0.4 is 21.3 Å². The fourth-order valence-electron chi connectivity index (χ4n) is 3.09. The van der Waals surface area contributed by atoms with Crippen molar-refractivity contribution in [2.24, 2.45) is 0 Å². The Balaban J connectivity index is 1.54. The number of nitrogens with zero attached hydrogens (tertiary/aromatic N) is 3. The number of hydrogen-bond acceptors (Lipinski definition) is 7. The number of anilines is 6. The Labute approximate surface area is 192 Å². The van der Waals surface area contributed by atoms with E-state index in [1.807, 2.05) is 91.9 Å². The summed E-state index contributed by atoms with van der Waals surface area (Å²) < 4.78 is 0. The van der Waals surface area contributed by atoms with Gasteiger partial charge in [-0.1, -0.05) is 48.5 Å². The largest absolute Gasteiger partial charge is 0.342 e. The number of amides is 1. The van der Waals surface area contributed by atoms with Gasteiger partial charge in [-0.25, -0.2) is 0 Å². The molecule has 0 aliphatic rings. The molecule has 0 saturated carbocycles. The summed E-state index contributed by atoms with van der Waals surface area (Å²) in [6.45, 7) is 3.73. The van der Waals surface area contributed by atoms with Crippen LogP contribution in [-0.2, 0) is 4.79 Å². The number of hydrogen-bond donors (Lipinski definition) is 4. The molecule has 4 rings (SSSR count). The number of benzene rings is 3. The number of aromatic nitrogens is 3. The third kappa shape index (κ3) is 6.27. The minimum Gasteiger partial charge on any atom is -0.342 e. The molecule has 8 heteroatoms. The summed E-state index contributed by atoms with van der Waals surface area (Å²) in [6, 6.07) is 26.3. The van der Waals surface area contributed by atoms with E-state index in [0.29, 0.717) is 11.9 Å². The molecular formula is C25H25N7O. The summed E-state index contributed by atoms with van der Waals surface area (Å²) in [7, 11) is 0. The van der Waals surface area contributed by atoms with Gasteiger partial charge in [0.2, 0.25) is 23.8 Å². The Bertz CT molecular complexity index is 1160. The predicted molar refractivity (Wildman–Crippen MR) is 132 cm³/mol. The van der Waals surface area contributed by atoms with Crippen molar-refractivity contribution in [2.45, 2.75) is 19.9 Å². The molecule has 0 bridgehead atoms. The number of aryl methyl sites for hydroxylation is 1. The summed E-state index contributed by atoms with van der Waals surface area (Å²) >= 11 is 0. The van der Waals surface area contributed by atoms with E-state index in [9.17, 15) is 4.79 Å². The molecule has 1 atom stereocenters. The van der Waals surface area contributed by atoms with Gasteiger partial charge in [-0.05, 0) is 55.8 Å². The van der Waals surface area contributed by atoms with E-state index in [0.717, 1.165) is 22.6 Å². The average molecular weight is 440 g/mol. The van der Waals surface area contributed by atoms with Crippen LogP contribution in [0.15, 0.2) is 84.9 Å². The summed E-state index contributed by atoms with van der Waals surface area (Å²) in [5.41, 5.74) is 3.48. The van der Waals surface area contributed by atoms with Crippen LogP contribution in [0.5, 0.6) is 0 Å². The first kappa shape index (κ1) is 21.8. The van der Waals surface area contributed by atoms with Gasteiger partial charge in [0.25, 0.3) is 0 Å². The molecule has 4 aromatic rings. The molecule has 0 unspecified atom stereocenters. The number of carbonyl (C=O) groups excluding carboxylic acids is 1. The van der Waals surface area contributed by atoms with Gasteiger partial charge in [-0.15, -0.1) is 0 Å². The molecule has 0 saturated heterocycles. The summed E-state index contributed by atoms with van der Waals surface area (Å²) in [5, 5.41) is 12.3. The zero-order valence-corrected chi connectivity index (χ0v) is 18.4. The van der Waals surface area contributed by atoms with Crippen molar-refractivity contribution < 1.29 is 4.79 Å². The minimum atomic E-state index is -0.581. The van der Waals surface area contributed by atoms with Gasteiger partial charge in [0, 0.05) is 17.1 Å². The van der Waals surface area contributed by atoms with Gasteiger partial charge in [-0.3, -0.25) is 4.79 Å². The fourth-order valence-corrected chi connectivity index (χ4v) is 3.09. The maximum absolute atomic E-state index is 12.7. The SMILES string of the molecule is Cc1cccc(NC(=O)[C@@H](C)Nc2nc(Nc3ccccc3)nc(Nc3ccccc3)n2)c1. The Kier molecular flexibility index (Phi) is 6.75. The molecule has 166 valence electrons. The monoisotopic (exact) mass is 439 g/mol. The van der Waals surface area contributed by atoms with Crippen molar-refractivity contribution in [3.05, 3.63) is 90.5 Å². The fraction of sp³-hybridized carbons (Fsp3) is 0.120. The normalized spacial score (nSPS) is 11.3. The Morgan fingerprint density at radius 2 is 1.21 bits per heavy atom. The third-order valence-corrected chi connectivity index (χ3v) is 4.72. The molecule has 3 aromatic carbocycles. The Morgan fingerprint density at radius 3 is 1.76 bits per heavy atom. The first-order valence-electron chi connectivity index (χ1n) is 10.6. The van der Waals surface area contributed by atoms with Crippen molar-refractivity contribution in [3.63, 3.8) is 0 Å². The standard InChI is InChI=1S/C25H25N7O/c1-17-10-9-15-21(16-17)27-22(33)18(2)26-23-30-24(28-19-11-5-3-6-12-19)32-25(31-23)29-20-13-7-4-8-14-20/h3-16,18H,1-2H3,(H,27,33)(H3,26,28,29,30,31,32)/t18-/m1/s1. The molecule has 1 amide bonds. The number of carbonyl (C=O) groups is 1. The molecule has 33 heavy (non-hydrogen) atoms. The zero-order valence-electron chi connectivity index (χ0n) is 18.4. The van der Waals surface area contributed by atoms with Crippen molar-refractivity contribution in [1.29, 1.82) is 0 Å². The number of nitrogens with one attached hydrogen (secondary N) is 4. The van der Waals surface area contributed by atoms with Crippen LogP contribution in [-0.4, -0.2) is 26.9 Å². The van der Waals surface area contributed by atoms with Gasteiger partial charge in [0.1, 0.15) is 6.04 Å². The smallest absolute Gasteiger partial charge is 0.246 e. The Morgan fingerprint density at radius 1 is 0.697 bits per heavy atom. The molecule has 0 fully saturated rings. The van der Waals surface area contributed by atoms with Crippen LogP contribution in [0.2, 0.25) is 0 Å². The number of para-hydroxylation sites is 2. The first-order valence-corrected chi connectivity index (χ1v) is 10.6. The zero-order chi connectivity index (χ0) is 23.0. The molecule has 0 spiro atoms. The lowest BCUT2D eigenvalue weighted by Crippen LogP contribution is -2.32. The molecule has 0 aliphatic carbocycles. The molecule has 0 aliphatic heterocycles. The maximum Gasteiger partial charge on any atom is 0.246 e. The van der Waals surface area contributed by atoms with E-state index in [1.165, 1.54) is 0 Å². The first-order chi connectivity index (χ1) is 16.0. The highest BCUT2D eigenvalue weighted by atomic mass is 16.2. The second kappa shape index (κ2) is 10.2. The van der Waals surface area contributed by atoms with E-state index in [1.54, 1.807) is 6.92 Å². The van der Waals surface area contributed by atoms with Crippen molar-refractivity contribution >= 4 is 40.8 Å². The van der Waals surface area contributed by atoms with Gasteiger partial charge < -0.3 is 21.3 Å². The second-order valence-corrected chi connectivity index (χ2v) is 7.51. The van der Waals surface area contributed by atoms with E-state index in [-0.39, 0.29) is 11.9 Å². The maximum atomic E-state index is 12.7. The minimum absolute atomic E-state index is 0.198. The highest BCUT2D eigenvalue weighted by molar-refractivity contribution is 5.96. The summed E-state index contributed by atoms with van der Waals surface area (Å²) in [4.78, 5) is 26.1. The van der Waals surface area contributed by atoms with E-state index >= 15 is 0 Å². The molecule has 0 radical (unpaired) electrons.